The topological polar surface area (TPSA) is 29.3 Å². The van der Waals surface area contributed by atoms with Gasteiger partial charge in [-0.1, -0.05) is 30.3 Å². The van der Waals surface area contributed by atoms with Crippen LogP contribution in [0.25, 0.3) is 0 Å². The van der Waals surface area contributed by atoms with Gasteiger partial charge in [0.25, 0.3) is 0 Å². The Kier molecular flexibility index (Phi) is 3.67. The van der Waals surface area contributed by atoms with E-state index in [1.54, 1.807) is 0 Å². The highest BCUT2D eigenvalue weighted by molar-refractivity contribution is 5.20. The molecule has 2 N–H and O–H groups in total. The summed E-state index contributed by atoms with van der Waals surface area (Å²) in [6.07, 6.45) is 6.60. The van der Waals surface area contributed by atoms with E-state index in [0.29, 0.717) is 6.04 Å². The van der Waals surface area contributed by atoms with Crippen molar-refractivity contribution >= 4 is 0 Å². The summed E-state index contributed by atoms with van der Waals surface area (Å²) in [6.45, 7) is 2.35. The molecule has 2 nitrogen and oxygen atoms in total. The van der Waals surface area contributed by atoms with E-state index in [2.05, 4.69) is 35.2 Å². The van der Waals surface area contributed by atoms with Gasteiger partial charge < -0.3 is 5.73 Å². The molecule has 1 atom stereocenters. The zero-order valence-electron chi connectivity index (χ0n) is 11.1. The number of benzene rings is 1. The summed E-state index contributed by atoms with van der Waals surface area (Å²) in [5.74, 6) is 0.790. The van der Waals surface area contributed by atoms with Gasteiger partial charge in [-0.3, -0.25) is 4.90 Å². The van der Waals surface area contributed by atoms with Crippen LogP contribution < -0.4 is 5.73 Å². The van der Waals surface area contributed by atoms with Gasteiger partial charge >= 0.3 is 0 Å². The normalized spacial score (nSPS) is 33.7. The van der Waals surface area contributed by atoms with Crippen LogP contribution in [0.1, 0.15) is 43.6 Å². The lowest BCUT2D eigenvalue weighted by molar-refractivity contribution is 0.180. The predicted octanol–water partition coefficient (Wildman–Crippen LogP) is 2.75. The second-order valence-electron chi connectivity index (χ2n) is 5.96. The Morgan fingerprint density at radius 2 is 1.67 bits per heavy atom. The molecule has 2 aliphatic rings. The molecule has 18 heavy (non-hydrogen) atoms. The van der Waals surface area contributed by atoms with Crippen molar-refractivity contribution in [3.63, 3.8) is 0 Å². The fraction of sp³-hybridized carbons (Fsp3) is 0.625. The van der Waals surface area contributed by atoms with Crippen LogP contribution in [0.3, 0.4) is 0 Å². The van der Waals surface area contributed by atoms with Gasteiger partial charge in [-0.15, -0.1) is 0 Å². The standard InChI is InChI=1S/C16H24N2/c17-15-10-11-18(12-15)16-8-6-14(7-9-16)13-4-2-1-3-5-13/h1-5,14-16H,6-12,17H2. The highest BCUT2D eigenvalue weighted by Crippen LogP contribution is 2.35. The monoisotopic (exact) mass is 244 g/mol. The van der Waals surface area contributed by atoms with Crippen molar-refractivity contribution in [3.8, 4) is 0 Å². The summed E-state index contributed by atoms with van der Waals surface area (Å²) in [7, 11) is 0. The molecule has 1 saturated heterocycles. The summed E-state index contributed by atoms with van der Waals surface area (Å²) in [6, 6.07) is 12.3. The van der Waals surface area contributed by atoms with E-state index in [9.17, 15) is 0 Å². The Morgan fingerprint density at radius 1 is 0.944 bits per heavy atom. The van der Waals surface area contributed by atoms with Crippen LogP contribution in [-0.4, -0.2) is 30.1 Å². The first-order chi connectivity index (χ1) is 8.83. The summed E-state index contributed by atoms with van der Waals surface area (Å²) in [5.41, 5.74) is 7.54. The molecule has 1 aromatic rings. The maximum atomic E-state index is 6.01. The molecule has 0 spiro atoms. The highest BCUT2D eigenvalue weighted by atomic mass is 15.2. The third kappa shape index (κ3) is 2.60. The van der Waals surface area contributed by atoms with Gasteiger partial charge in [-0.25, -0.2) is 0 Å². The molecule has 2 fully saturated rings. The lowest BCUT2D eigenvalue weighted by Crippen LogP contribution is -2.37. The van der Waals surface area contributed by atoms with Crippen molar-refractivity contribution in [2.24, 2.45) is 5.73 Å². The first kappa shape index (κ1) is 12.2. The Bertz CT molecular complexity index is 368. The van der Waals surface area contributed by atoms with Crippen LogP contribution in [0.2, 0.25) is 0 Å². The smallest absolute Gasteiger partial charge is 0.0180 e. The van der Waals surface area contributed by atoms with Crippen LogP contribution in [0.15, 0.2) is 30.3 Å². The fourth-order valence-electron chi connectivity index (χ4n) is 3.65. The molecule has 2 heteroatoms. The molecule has 1 unspecified atom stereocenters. The Morgan fingerprint density at radius 3 is 2.28 bits per heavy atom. The number of hydrogen-bond donors (Lipinski definition) is 1. The van der Waals surface area contributed by atoms with Crippen molar-refractivity contribution in [1.82, 2.24) is 4.90 Å². The van der Waals surface area contributed by atoms with E-state index in [0.717, 1.165) is 18.5 Å². The molecule has 3 rings (SSSR count). The quantitative estimate of drug-likeness (QED) is 0.866. The Labute approximate surface area is 110 Å². The van der Waals surface area contributed by atoms with Gasteiger partial charge in [-0.05, 0) is 43.6 Å². The molecule has 0 radical (unpaired) electrons. The SMILES string of the molecule is NC1CCN(C2CCC(c3ccccc3)CC2)C1. The summed E-state index contributed by atoms with van der Waals surface area (Å²) in [4.78, 5) is 2.63. The maximum absolute atomic E-state index is 6.01. The number of nitrogens with two attached hydrogens (primary N) is 1. The average molecular weight is 244 g/mol. The molecular weight excluding hydrogens is 220 g/mol. The summed E-state index contributed by atoms with van der Waals surface area (Å²) in [5, 5.41) is 0. The molecule has 1 heterocycles. The van der Waals surface area contributed by atoms with E-state index < -0.39 is 0 Å². The molecular formula is C16H24N2. The minimum Gasteiger partial charge on any atom is -0.326 e. The largest absolute Gasteiger partial charge is 0.326 e. The van der Waals surface area contributed by atoms with Gasteiger partial charge in [0.05, 0.1) is 0 Å². The molecule has 1 saturated carbocycles. The predicted molar refractivity (Wildman–Crippen MR) is 75.6 cm³/mol. The third-order valence-electron chi connectivity index (χ3n) is 4.74. The molecule has 0 bridgehead atoms. The molecule has 1 aromatic carbocycles. The van der Waals surface area contributed by atoms with Gasteiger partial charge in [0.1, 0.15) is 0 Å². The van der Waals surface area contributed by atoms with E-state index in [1.165, 1.54) is 44.2 Å². The van der Waals surface area contributed by atoms with Crippen LogP contribution in [-0.2, 0) is 0 Å². The minimum atomic E-state index is 0.428. The molecule has 0 aromatic heterocycles. The average Bonchev–Trinajstić information content (AvgIpc) is 2.87. The summed E-state index contributed by atoms with van der Waals surface area (Å²) < 4.78 is 0. The third-order valence-corrected chi connectivity index (χ3v) is 4.74. The van der Waals surface area contributed by atoms with Crippen LogP contribution >= 0.6 is 0 Å². The van der Waals surface area contributed by atoms with Gasteiger partial charge in [0.2, 0.25) is 0 Å². The fourth-order valence-corrected chi connectivity index (χ4v) is 3.65. The van der Waals surface area contributed by atoms with Crippen LogP contribution in [0.5, 0.6) is 0 Å². The lowest BCUT2D eigenvalue weighted by atomic mass is 9.81. The van der Waals surface area contributed by atoms with Crippen molar-refractivity contribution in [2.45, 2.75) is 50.1 Å². The zero-order valence-corrected chi connectivity index (χ0v) is 11.1. The molecule has 0 amide bonds. The highest BCUT2D eigenvalue weighted by Gasteiger charge is 2.30. The van der Waals surface area contributed by atoms with E-state index in [4.69, 9.17) is 5.73 Å². The number of nitrogens with zero attached hydrogens (tertiary/aromatic N) is 1. The first-order valence-corrected chi connectivity index (χ1v) is 7.37. The van der Waals surface area contributed by atoms with Gasteiger partial charge in [-0.2, -0.15) is 0 Å². The second-order valence-corrected chi connectivity index (χ2v) is 5.96. The second kappa shape index (κ2) is 5.41. The van der Waals surface area contributed by atoms with E-state index in [-0.39, 0.29) is 0 Å². The number of likely N-dealkylation sites (tertiary alicyclic amines) is 1. The van der Waals surface area contributed by atoms with E-state index in [1.807, 2.05) is 0 Å². The van der Waals surface area contributed by atoms with Crippen molar-refractivity contribution in [2.75, 3.05) is 13.1 Å². The van der Waals surface area contributed by atoms with Crippen molar-refractivity contribution < 1.29 is 0 Å². The zero-order chi connectivity index (χ0) is 12.4. The number of hydrogen-bond acceptors (Lipinski definition) is 2. The maximum Gasteiger partial charge on any atom is 0.0180 e. The molecule has 98 valence electrons. The van der Waals surface area contributed by atoms with Crippen LogP contribution in [0.4, 0.5) is 0 Å². The molecule has 1 aliphatic carbocycles. The Balaban J connectivity index is 1.55. The van der Waals surface area contributed by atoms with E-state index >= 15 is 0 Å². The minimum absolute atomic E-state index is 0.428. The Hall–Kier alpha value is -0.860. The van der Waals surface area contributed by atoms with Crippen LogP contribution in [0, 0.1) is 0 Å². The van der Waals surface area contributed by atoms with Gasteiger partial charge in [0.15, 0.2) is 0 Å². The lowest BCUT2D eigenvalue weighted by Gasteiger charge is -2.34. The van der Waals surface area contributed by atoms with Crippen molar-refractivity contribution in [1.29, 1.82) is 0 Å². The first-order valence-electron chi connectivity index (χ1n) is 7.37. The van der Waals surface area contributed by atoms with Crippen molar-refractivity contribution in [3.05, 3.63) is 35.9 Å². The number of rotatable bonds is 2. The van der Waals surface area contributed by atoms with Gasteiger partial charge in [0, 0.05) is 25.2 Å². The molecule has 1 aliphatic heterocycles. The summed E-state index contributed by atoms with van der Waals surface area (Å²) >= 11 is 0.